The van der Waals surface area contributed by atoms with Crippen molar-refractivity contribution < 1.29 is 17.2 Å². The van der Waals surface area contributed by atoms with E-state index in [9.17, 15) is 17.2 Å². The summed E-state index contributed by atoms with van der Waals surface area (Å²) in [6.07, 6.45) is 2.01. The standard InChI is InChI=1S/C12H14ClF2NO2S/c13-8-10-2-1-7-16(10)9-3-5-11(6-4-9)19(17,18)12(14)15/h3-6,10,12H,1-2,7-8H2. The fraction of sp³-hybridized carbons (Fsp3) is 0.500. The molecule has 0 saturated carbocycles. The van der Waals surface area contributed by atoms with Crippen molar-refractivity contribution in [1.29, 1.82) is 0 Å². The van der Waals surface area contributed by atoms with Crippen molar-refractivity contribution in [3.05, 3.63) is 24.3 Å². The molecule has 1 fully saturated rings. The molecule has 1 aromatic carbocycles. The first-order valence-electron chi connectivity index (χ1n) is 5.91. The minimum Gasteiger partial charge on any atom is -0.367 e. The average Bonchev–Trinajstić information content (AvgIpc) is 2.87. The topological polar surface area (TPSA) is 37.4 Å². The molecule has 0 aromatic heterocycles. The first kappa shape index (κ1) is 14.5. The van der Waals surface area contributed by atoms with Crippen LogP contribution in [0.3, 0.4) is 0 Å². The molecular formula is C12H14ClF2NO2S. The summed E-state index contributed by atoms with van der Waals surface area (Å²) in [5.74, 6) is -2.89. The third-order valence-corrected chi connectivity index (χ3v) is 5.04. The van der Waals surface area contributed by atoms with Crippen LogP contribution in [-0.2, 0) is 9.84 Å². The van der Waals surface area contributed by atoms with E-state index in [2.05, 4.69) is 4.90 Å². The van der Waals surface area contributed by atoms with Crippen molar-refractivity contribution in [3.63, 3.8) is 0 Å². The molecule has 1 unspecified atom stereocenters. The highest BCUT2D eigenvalue weighted by Crippen LogP contribution is 2.28. The quantitative estimate of drug-likeness (QED) is 0.803. The molecule has 0 bridgehead atoms. The second kappa shape index (κ2) is 5.63. The second-order valence-electron chi connectivity index (χ2n) is 4.44. The molecule has 0 amide bonds. The highest BCUT2D eigenvalue weighted by Gasteiger charge is 2.28. The number of rotatable bonds is 4. The van der Waals surface area contributed by atoms with E-state index < -0.39 is 15.6 Å². The number of sulfone groups is 1. The van der Waals surface area contributed by atoms with Crippen LogP contribution >= 0.6 is 11.6 Å². The molecule has 0 aliphatic carbocycles. The Morgan fingerprint density at radius 2 is 1.95 bits per heavy atom. The monoisotopic (exact) mass is 309 g/mol. The van der Waals surface area contributed by atoms with Crippen LogP contribution in [0.15, 0.2) is 29.2 Å². The Balaban J connectivity index is 2.24. The maximum absolute atomic E-state index is 12.4. The van der Waals surface area contributed by atoms with Gasteiger partial charge in [-0.3, -0.25) is 0 Å². The lowest BCUT2D eigenvalue weighted by Gasteiger charge is -2.25. The van der Waals surface area contributed by atoms with Crippen LogP contribution in [0.25, 0.3) is 0 Å². The van der Waals surface area contributed by atoms with Gasteiger partial charge >= 0.3 is 5.76 Å². The highest BCUT2D eigenvalue weighted by atomic mass is 35.5. The molecule has 7 heteroatoms. The lowest BCUT2D eigenvalue weighted by atomic mass is 10.2. The molecule has 2 rings (SSSR count). The van der Waals surface area contributed by atoms with E-state index >= 15 is 0 Å². The predicted molar refractivity (Wildman–Crippen MR) is 70.7 cm³/mol. The maximum Gasteiger partial charge on any atom is 0.341 e. The number of alkyl halides is 3. The molecular weight excluding hydrogens is 296 g/mol. The van der Waals surface area contributed by atoms with Crippen LogP contribution in [0.1, 0.15) is 12.8 Å². The number of hydrogen-bond acceptors (Lipinski definition) is 3. The zero-order valence-electron chi connectivity index (χ0n) is 10.1. The van der Waals surface area contributed by atoms with Gasteiger partial charge in [-0.2, -0.15) is 8.78 Å². The highest BCUT2D eigenvalue weighted by molar-refractivity contribution is 7.91. The number of anilines is 1. The Morgan fingerprint density at radius 3 is 2.47 bits per heavy atom. The zero-order valence-corrected chi connectivity index (χ0v) is 11.7. The van der Waals surface area contributed by atoms with E-state index in [1.807, 2.05) is 0 Å². The Bertz CT molecular complexity index is 533. The lowest BCUT2D eigenvalue weighted by Crippen LogP contribution is -2.30. The summed E-state index contributed by atoms with van der Waals surface area (Å²) in [5.41, 5.74) is 0.816. The zero-order chi connectivity index (χ0) is 14.0. The van der Waals surface area contributed by atoms with Gasteiger partial charge in [0.2, 0.25) is 9.84 Å². The molecule has 19 heavy (non-hydrogen) atoms. The number of halogens is 3. The minimum atomic E-state index is -4.51. The summed E-state index contributed by atoms with van der Waals surface area (Å²) in [6, 6.07) is 5.78. The van der Waals surface area contributed by atoms with E-state index in [4.69, 9.17) is 11.6 Å². The molecule has 1 aliphatic heterocycles. The van der Waals surface area contributed by atoms with Gasteiger partial charge in [0, 0.05) is 24.2 Å². The molecule has 0 N–H and O–H groups in total. The van der Waals surface area contributed by atoms with Crippen LogP contribution in [0.4, 0.5) is 14.5 Å². The first-order valence-corrected chi connectivity index (χ1v) is 7.99. The van der Waals surface area contributed by atoms with Gasteiger partial charge in [-0.25, -0.2) is 8.42 Å². The Labute approximate surface area is 116 Å². The summed E-state index contributed by atoms with van der Waals surface area (Å²) < 4.78 is 47.4. The molecule has 1 aromatic rings. The van der Waals surface area contributed by atoms with Gasteiger partial charge in [0.05, 0.1) is 4.90 Å². The summed E-state index contributed by atoms with van der Waals surface area (Å²) in [5, 5.41) is 0. The van der Waals surface area contributed by atoms with E-state index in [0.717, 1.165) is 25.1 Å². The van der Waals surface area contributed by atoms with E-state index in [-0.39, 0.29) is 10.9 Å². The van der Waals surface area contributed by atoms with Crippen LogP contribution in [0.2, 0.25) is 0 Å². The van der Waals surface area contributed by atoms with Crippen LogP contribution in [-0.4, -0.2) is 32.6 Å². The smallest absolute Gasteiger partial charge is 0.341 e. The van der Waals surface area contributed by atoms with Crippen LogP contribution in [0, 0.1) is 0 Å². The van der Waals surface area contributed by atoms with E-state index in [1.165, 1.54) is 12.1 Å². The van der Waals surface area contributed by atoms with Gasteiger partial charge in [-0.15, -0.1) is 11.6 Å². The first-order chi connectivity index (χ1) is 8.96. The van der Waals surface area contributed by atoms with Crippen molar-refractivity contribution in [2.75, 3.05) is 17.3 Å². The Hall–Kier alpha value is -0.880. The van der Waals surface area contributed by atoms with Crippen molar-refractivity contribution >= 4 is 27.1 Å². The predicted octanol–water partition coefficient (Wildman–Crippen LogP) is 2.89. The molecule has 1 heterocycles. The van der Waals surface area contributed by atoms with Crippen molar-refractivity contribution in [3.8, 4) is 0 Å². The summed E-state index contributed by atoms with van der Waals surface area (Å²) in [6.45, 7) is 0.846. The molecule has 0 radical (unpaired) electrons. The normalized spacial score (nSPS) is 20.2. The van der Waals surface area contributed by atoms with Gasteiger partial charge < -0.3 is 4.90 Å². The minimum absolute atomic E-state index is 0.222. The van der Waals surface area contributed by atoms with Gasteiger partial charge in [-0.1, -0.05) is 0 Å². The second-order valence-corrected chi connectivity index (χ2v) is 6.67. The Kier molecular flexibility index (Phi) is 4.30. The molecule has 106 valence electrons. The summed E-state index contributed by atoms with van der Waals surface area (Å²) >= 11 is 5.86. The van der Waals surface area contributed by atoms with Gasteiger partial charge in [0.25, 0.3) is 0 Å². The maximum atomic E-state index is 12.4. The van der Waals surface area contributed by atoms with E-state index in [0.29, 0.717) is 5.88 Å². The molecule has 0 spiro atoms. The third-order valence-electron chi connectivity index (χ3n) is 3.29. The summed E-state index contributed by atoms with van der Waals surface area (Å²) in [7, 11) is -4.51. The van der Waals surface area contributed by atoms with Crippen molar-refractivity contribution in [2.45, 2.75) is 29.5 Å². The fourth-order valence-electron chi connectivity index (χ4n) is 2.27. The number of nitrogens with zero attached hydrogens (tertiary/aromatic N) is 1. The molecule has 3 nitrogen and oxygen atoms in total. The van der Waals surface area contributed by atoms with Gasteiger partial charge in [0.1, 0.15) is 0 Å². The van der Waals surface area contributed by atoms with Crippen LogP contribution in [0.5, 0.6) is 0 Å². The third kappa shape index (κ3) is 2.84. The van der Waals surface area contributed by atoms with Crippen LogP contribution < -0.4 is 4.90 Å². The average molecular weight is 310 g/mol. The lowest BCUT2D eigenvalue weighted by molar-refractivity contribution is 0.234. The Morgan fingerprint density at radius 1 is 1.32 bits per heavy atom. The van der Waals surface area contributed by atoms with Crippen molar-refractivity contribution in [1.82, 2.24) is 0 Å². The molecule has 1 atom stereocenters. The largest absolute Gasteiger partial charge is 0.367 e. The molecule has 1 saturated heterocycles. The number of benzene rings is 1. The van der Waals surface area contributed by atoms with Gasteiger partial charge in [0.15, 0.2) is 0 Å². The molecule has 1 aliphatic rings. The SMILES string of the molecule is O=S(=O)(c1ccc(N2CCCC2CCl)cc1)C(F)F. The number of hydrogen-bond donors (Lipinski definition) is 0. The van der Waals surface area contributed by atoms with Crippen molar-refractivity contribution in [2.24, 2.45) is 0 Å². The fourth-order valence-corrected chi connectivity index (χ4v) is 3.31. The van der Waals surface area contributed by atoms with Gasteiger partial charge in [-0.05, 0) is 37.1 Å². The van der Waals surface area contributed by atoms with E-state index in [1.54, 1.807) is 12.1 Å². The summed E-state index contributed by atoms with van der Waals surface area (Å²) in [4.78, 5) is 1.72.